The van der Waals surface area contributed by atoms with E-state index in [9.17, 15) is 18.0 Å². The van der Waals surface area contributed by atoms with E-state index in [1.165, 1.54) is 12.3 Å². The first kappa shape index (κ1) is 23.7. The van der Waals surface area contributed by atoms with Crippen LogP contribution in [0.15, 0.2) is 52.3 Å². The number of amides is 1. The number of benzene rings is 1. The van der Waals surface area contributed by atoms with Crippen molar-refractivity contribution in [2.75, 3.05) is 0 Å². The Morgan fingerprint density at radius 3 is 2.65 bits per heavy atom. The Balaban J connectivity index is 1.79. The summed E-state index contributed by atoms with van der Waals surface area (Å²) in [7, 11) is -4.41. The van der Waals surface area contributed by atoms with Gasteiger partial charge in [-0.3, -0.25) is 9.59 Å². The van der Waals surface area contributed by atoms with Gasteiger partial charge in [-0.1, -0.05) is 31.5 Å². The molecule has 3 aromatic rings. The highest BCUT2D eigenvalue weighted by Gasteiger charge is 2.33. The number of carbonyl (C=O) groups excluding carboxylic acids is 1. The minimum Gasteiger partial charge on any atom is -0.438 e. The molecular weight excluding hydrogens is 454 g/mol. The SMILES string of the molecule is Cc1ccc(Oc2nc3c(cc2C(=O)NS(=O)(=O)c2ccc[nH]c2=O)CCCC3(C)C)c(C)c1. The van der Waals surface area contributed by atoms with Crippen LogP contribution < -0.4 is 15.0 Å². The van der Waals surface area contributed by atoms with Crippen molar-refractivity contribution in [3.63, 3.8) is 0 Å². The number of aryl methyl sites for hydroxylation is 3. The van der Waals surface area contributed by atoms with Crippen LogP contribution in [-0.2, 0) is 21.9 Å². The van der Waals surface area contributed by atoms with E-state index in [4.69, 9.17) is 9.72 Å². The van der Waals surface area contributed by atoms with Crippen LogP contribution in [0.4, 0.5) is 0 Å². The van der Waals surface area contributed by atoms with Gasteiger partial charge in [0.1, 0.15) is 11.3 Å². The van der Waals surface area contributed by atoms with E-state index >= 15 is 0 Å². The van der Waals surface area contributed by atoms with E-state index in [0.717, 1.165) is 47.7 Å². The molecule has 0 unspecified atom stereocenters. The summed E-state index contributed by atoms with van der Waals surface area (Å²) >= 11 is 0. The molecule has 1 aromatic carbocycles. The van der Waals surface area contributed by atoms with Crippen molar-refractivity contribution in [3.8, 4) is 11.6 Å². The highest BCUT2D eigenvalue weighted by molar-refractivity contribution is 7.90. The summed E-state index contributed by atoms with van der Waals surface area (Å²) in [4.78, 5) is 31.7. The molecule has 0 atom stereocenters. The van der Waals surface area contributed by atoms with Crippen molar-refractivity contribution in [2.24, 2.45) is 0 Å². The van der Waals surface area contributed by atoms with Crippen LogP contribution in [0.2, 0.25) is 0 Å². The first-order valence-electron chi connectivity index (χ1n) is 11.0. The van der Waals surface area contributed by atoms with Crippen LogP contribution in [0.5, 0.6) is 11.6 Å². The van der Waals surface area contributed by atoms with Crippen LogP contribution >= 0.6 is 0 Å². The molecule has 2 heterocycles. The zero-order chi connectivity index (χ0) is 24.7. The number of sulfonamides is 1. The molecule has 0 fully saturated rings. The van der Waals surface area contributed by atoms with Crippen LogP contribution in [0.1, 0.15) is 59.4 Å². The van der Waals surface area contributed by atoms with Crippen LogP contribution in [-0.4, -0.2) is 24.3 Å². The average Bonchev–Trinajstić information content (AvgIpc) is 2.75. The molecule has 2 aromatic heterocycles. The van der Waals surface area contributed by atoms with Crippen molar-refractivity contribution in [2.45, 2.75) is 57.3 Å². The molecule has 1 aliphatic rings. The van der Waals surface area contributed by atoms with Crippen molar-refractivity contribution in [1.29, 1.82) is 0 Å². The Bertz CT molecular complexity index is 1440. The molecule has 4 rings (SSSR count). The Labute approximate surface area is 198 Å². The van der Waals surface area contributed by atoms with Gasteiger partial charge in [0.15, 0.2) is 4.90 Å². The fourth-order valence-corrected chi connectivity index (χ4v) is 5.29. The molecule has 178 valence electrons. The van der Waals surface area contributed by atoms with Gasteiger partial charge in [0.25, 0.3) is 21.5 Å². The predicted molar refractivity (Wildman–Crippen MR) is 128 cm³/mol. The standard InChI is InChI=1S/C25H27N3O5S/c1-15-9-10-19(16(2)13-15)33-24-18(14-17-7-5-11-25(3,4)21(17)27-24)22(29)28-34(31,32)20-8-6-12-26-23(20)30/h6,8-10,12-14H,5,7,11H2,1-4H3,(H,26,30)(H,28,29). The number of hydrogen-bond acceptors (Lipinski definition) is 6. The van der Waals surface area contributed by atoms with Crippen molar-refractivity contribution < 1.29 is 17.9 Å². The highest BCUT2D eigenvalue weighted by Crippen LogP contribution is 2.39. The summed E-state index contributed by atoms with van der Waals surface area (Å²) in [5, 5.41) is 0. The summed E-state index contributed by atoms with van der Waals surface area (Å²) in [6.07, 6.45) is 3.90. The second-order valence-corrected chi connectivity index (χ2v) is 10.9. The number of nitrogens with zero attached hydrogens (tertiary/aromatic N) is 1. The van der Waals surface area contributed by atoms with E-state index in [2.05, 4.69) is 18.8 Å². The molecule has 2 N–H and O–H groups in total. The molecule has 0 spiro atoms. The first-order valence-corrected chi connectivity index (χ1v) is 12.5. The number of hydrogen-bond donors (Lipinski definition) is 2. The Kier molecular flexibility index (Phi) is 6.07. The summed E-state index contributed by atoms with van der Waals surface area (Å²) < 4.78 is 33.6. The van der Waals surface area contributed by atoms with Crippen LogP contribution in [0.3, 0.4) is 0 Å². The highest BCUT2D eigenvalue weighted by atomic mass is 32.2. The fourth-order valence-electron chi connectivity index (χ4n) is 4.26. The average molecular weight is 482 g/mol. The van der Waals surface area contributed by atoms with Crippen LogP contribution in [0.25, 0.3) is 0 Å². The number of ether oxygens (including phenoxy) is 1. The Hall–Kier alpha value is -3.46. The number of aromatic nitrogens is 2. The largest absolute Gasteiger partial charge is 0.438 e. The summed E-state index contributed by atoms with van der Waals surface area (Å²) in [6, 6.07) is 9.79. The summed E-state index contributed by atoms with van der Waals surface area (Å²) in [5.74, 6) is -0.375. The van der Waals surface area contributed by atoms with Gasteiger partial charge in [0.2, 0.25) is 5.88 Å². The van der Waals surface area contributed by atoms with Crippen molar-refractivity contribution in [3.05, 3.63) is 80.9 Å². The lowest BCUT2D eigenvalue weighted by atomic mass is 9.75. The van der Waals surface area contributed by atoms with E-state index in [0.29, 0.717) is 5.75 Å². The zero-order valence-corrected chi connectivity index (χ0v) is 20.4. The maximum absolute atomic E-state index is 13.2. The van der Waals surface area contributed by atoms with Gasteiger partial charge in [-0.25, -0.2) is 18.1 Å². The Morgan fingerprint density at radius 2 is 1.94 bits per heavy atom. The third-order valence-electron chi connectivity index (χ3n) is 6.04. The van der Waals surface area contributed by atoms with Crippen molar-refractivity contribution >= 4 is 15.9 Å². The lowest BCUT2D eigenvalue weighted by Gasteiger charge is -2.32. The molecule has 0 aliphatic heterocycles. The minimum atomic E-state index is -4.41. The van der Waals surface area contributed by atoms with Crippen molar-refractivity contribution in [1.82, 2.24) is 14.7 Å². The third-order valence-corrected chi connectivity index (χ3v) is 7.39. The smallest absolute Gasteiger partial charge is 0.270 e. The molecule has 0 saturated heterocycles. The normalized spacial score (nSPS) is 14.8. The molecule has 0 radical (unpaired) electrons. The quantitative estimate of drug-likeness (QED) is 0.570. The van der Waals surface area contributed by atoms with Gasteiger partial charge in [-0.2, -0.15) is 0 Å². The van der Waals surface area contributed by atoms with Gasteiger partial charge in [-0.15, -0.1) is 0 Å². The molecular formula is C25H27N3O5S. The van der Waals surface area contributed by atoms with Gasteiger partial charge >= 0.3 is 0 Å². The number of H-pyrrole nitrogens is 1. The Morgan fingerprint density at radius 1 is 1.18 bits per heavy atom. The number of fused-ring (bicyclic) bond motifs is 1. The first-order chi connectivity index (χ1) is 16.0. The molecule has 0 saturated carbocycles. The lowest BCUT2D eigenvalue weighted by Crippen LogP contribution is -2.35. The van der Waals surface area contributed by atoms with Gasteiger partial charge in [-0.05, 0) is 68.5 Å². The maximum atomic E-state index is 13.2. The van der Waals surface area contributed by atoms with E-state index in [-0.39, 0.29) is 16.9 Å². The van der Waals surface area contributed by atoms with E-state index in [1.807, 2.05) is 30.7 Å². The molecule has 0 bridgehead atoms. The number of aromatic amines is 1. The van der Waals surface area contributed by atoms with Gasteiger partial charge < -0.3 is 9.72 Å². The number of rotatable bonds is 5. The minimum absolute atomic E-state index is 0.00707. The van der Waals surface area contributed by atoms with E-state index in [1.54, 1.807) is 12.1 Å². The molecule has 1 amide bonds. The number of pyridine rings is 2. The lowest BCUT2D eigenvalue weighted by molar-refractivity contribution is 0.0978. The van der Waals surface area contributed by atoms with Gasteiger partial charge in [0.05, 0.1) is 5.69 Å². The molecule has 8 nitrogen and oxygen atoms in total. The number of carbonyl (C=O) groups is 1. The molecule has 1 aliphatic carbocycles. The van der Waals surface area contributed by atoms with E-state index < -0.39 is 26.4 Å². The second kappa shape index (κ2) is 8.72. The molecule has 9 heteroatoms. The topological polar surface area (TPSA) is 118 Å². The van der Waals surface area contributed by atoms with Gasteiger partial charge in [0, 0.05) is 11.6 Å². The third kappa shape index (κ3) is 4.61. The van der Waals surface area contributed by atoms with Crippen LogP contribution in [0, 0.1) is 13.8 Å². The number of nitrogens with one attached hydrogen (secondary N) is 2. The summed E-state index contributed by atoms with van der Waals surface area (Å²) in [5.41, 5.74) is 2.58. The maximum Gasteiger partial charge on any atom is 0.270 e. The monoisotopic (exact) mass is 481 g/mol. The summed E-state index contributed by atoms with van der Waals surface area (Å²) in [6.45, 7) is 8.03. The zero-order valence-electron chi connectivity index (χ0n) is 19.6. The molecule has 34 heavy (non-hydrogen) atoms. The predicted octanol–water partition coefficient (Wildman–Crippen LogP) is 3.91. The fraction of sp³-hybridized carbons (Fsp3) is 0.320. The second-order valence-electron chi connectivity index (χ2n) is 9.26.